The topological polar surface area (TPSA) is 56.5 Å². The van der Waals surface area contributed by atoms with Crippen LogP contribution in [0.2, 0.25) is 0 Å². The zero-order valence-corrected chi connectivity index (χ0v) is 11.3. The number of rotatable bonds is 6. The molecule has 102 valence electrons. The molecule has 0 aliphatic rings. The zero-order chi connectivity index (χ0) is 13.7. The normalized spacial score (nSPS) is 12.6. The van der Waals surface area contributed by atoms with E-state index in [1.54, 1.807) is 20.4 Å². The Balaban J connectivity index is 2.11. The van der Waals surface area contributed by atoms with E-state index in [2.05, 4.69) is 10.3 Å². The van der Waals surface area contributed by atoms with Crippen molar-refractivity contribution in [3.8, 4) is 11.3 Å². The van der Waals surface area contributed by atoms with Gasteiger partial charge in [-0.05, 0) is 19.1 Å². The first-order valence-corrected chi connectivity index (χ1v) is 6.05. The van der Waals surface area contributed by atoms with Crippen molar-refractivity contribution in [3.05, 3.63) is 36.9 Å². The van der Waals surface area contributed by atoms with Gasteiger partial charge in [-0.2, -0.15) is 0 Å². The third-order valence-electron chi connectivity index (χ3n) is 2.85. The smallest absolute Gasteiger partial charge is 0.181 e. The van der Waals surface area contributed by atoms with Gasteiger partial charge in [-0.1, -0.05) is 12.1 Å². The fourth-order valence-electron chi connectivity index (χ4n) is 1.96. The summed E-state index contributed by atoms with van der Waals surface area (Å²) in [5, 5.41) is 3.33. The molecule has 5 nitrogen and oxygen atoms in total. The van der Waals surface area contributed by atoms with Crippen LogP contribution >= 0.6 is 0 Å². The molecule has 0 saturated heterocycles. The molecule has 2 rings (SSSR count). The summed E-state index contributed by atoms with van der Waals surface area (Å²) in [6.45, 7) is 2.00. The van der Waals surface area contributed by atoms with Crippen LogP contribution in [-0.2, 0) is 9.47 Å². The summed E-state index contributed by atoms with van der Waals surface area (Å²) >= 11 is 0. The molecule has 0 aliphatic heterocycles. The minimum absolute atomic E-state index is 0.0278. The fourth-order valence-corrected chi connectivity index (χ4v) is 1.96. The number of nitrogens with zero attached hydrogens (tertiary/aromatic N) is 1. The summed E-state index contributed by atoms with van der Waals surface area (Å²) in [5.74, 6) is 0.742. The zero-order valence-electron chi connectivity index (χ0n) is 11.3. The van der Waals surface area contributed by atoms with Crippen molar-refractivity contribution in [1.29, 1.82) is 0 Å². The molecule has 19 heavy (non-hydrogen) atoms. The summed E-state index contributed by atoms with van der Waals surface area (Å²) in [5.41, 5.74) is 1.95. The molecule has 0 aliphatic carbocycles. The van der Waals surface area contributed by atoms with Crippen molar-refractivity contribution in [2.45, 2.75) is 19.3 Å². The molecule has 5 heteroatoms. The van der Waals surface area contributed by atoms with E-state index >= 15 is 0 Å². The van der Waals surface area contributed by atoms with Gasteiger partial charge >= 0.3 is 0 Å². The molecular weight excluding hydrogens is 244 g/mol. The van der Waals surface area contributed by atoms with Gasteiger partial charge in [0.1, 0.15) is 0 Å². The lowest BCUT2D eigenvalue weighted by atomic mass is 10.1. The van der Waals surface area contributed by atoms with Crippen molar-refractivity contribution in [3.63, 3.8) is 0 Å². The number of hydrogen-bond acceptors (Lipinski definition) is 5. The highest BCUT2D eigenvalue weighted by atomic mass is 16.7. The molecule has 1 aromatic carbocycles. The van der Waals surface area contributed by atoms with Crippen molar-refractivity contribution < 1.29 is 13.9 Å². The number of aromatic nitrogens is 1. The lowest BCUT2D eigenvalue weighted by molar-refractivity contribution is -0.109. The van der Waals surface area contributed by atoms with Gasteiger partial charge in [0.15, 0.2) is 18.4 Å². The van der Waals surface area contributed by atoms with E-state index in [0.717, 1.165) is 17.0 Å². The SMILES string of the molecule is COC(OC)C(C)Nc1cccc(-c2cnco2)c1. The first kappa shape index (κ1) is 13.6. The summed E-state index contributed by atoms with van der Waals surface area (Å²) in [7, 11) is 3.24. The van der Waals surface area contributed by atoms with Crippen molar-refractivity contribution in [2.24, 2.45) is 0 Å². The summed E-state index contributed by atoms with van der Waals surface area (Å²) in [4.78, 5) is 3.92. The van der Waals surface area contributed by atoms with Crippen LogP contribution in [0.15, 0.2) is 41.3 Å². The molecule has 0 spiro atoms. The van der Waals surface area contributed by atoms with E-state index in [0.29, 0.717) is 0 Å². The largest absolute Gasteiger partial charge is 0.444 e. The van der Waals surface area contributed by atoms with Crippen LogP contribution in [-0.4, -0.2) is 31.5 Å². The van der Waals surface area contributed by atoms with Crippen LogP contribution in [0.3, 0.4) is 0 Å². The van der Waals surface area contributed by atoms with Crippen molar-refractivity contribution >= 4 is 5.69 Å². The Morgan fingerprint density at radius 2 is 2.05 bits per heavy atom. The van der Waals surface area contributed by atoms with Crippen LogP contribution < -0.4 is 5.32 Å². The van der Waals surface area contributed by atoms with Gasteiger partial charge in [0.05, 0.1) is 12.2 Å². The molecule has 0 saturated carbocycles. The maximum Gasteiger partial charge on any atom is 0.181 e. The van der Waals surface area contributed by atoms with Gasteiger partial charge in [-0.3, -0.25) is 0 Å². The molecule has 1 atom stereocenters. The van der Waals surface area contributed by atoms with Crippen molar-refractivity contribution in [1.82, 2.24) is 4.98 Å². The maximum atomic E-state index is 5.28. The van der Waals surface area contributed by atoms with Gasteiger partial charge in [-0.15, -0.1) is 0 Å². The molecule has 1 unspecified atom stereocenters. The molecule has 0 radical (unpaired) electrons. The quantitative estimate of drug-likeness (QED) is 0.811. The van der Waals surface area contributed by atoms with Crippen LogP contribution in [0.4, 0.5) is 5.69 Å². The summed E-state index contributed by atoms with van der Waals surface area (Å²) in [6.07, 6.45) is 2.81. The molecule has 0 bridgehead atoms. The second kappa shape index (κ2) is 6.36. The predicted octanol–water partition coefficient (Wildman–Crippen LogP) is 2.76. The van der Waals surface area contributed by atoms with E-state index in [1.807, 2.05) is 31.2 Å². The van der Waals surface area contributed by atoms with Gasteiger partial charge in [0.25, 0.3) is 0 Å². The number of hydrogen-bond donors (Lipinski definition) is 1. The standard InChI is InChI=1S/C14H18N2O3/c1-10(14(17-2)18-3)16-12-6-4-5-11(7-12)13-8-15-9-19-13/h4-10,14,16H,1-3H3. The molecule has 1 heterocycles. The van der Waals surface area contributed by atoms with Gasteiger partial charge in [0.2, 0.25) is 0 Å². The van der Waals surface area contributed by atoms with Gasteiger partial charge < -0.3 is 19.2 Å². The monoisotopic (exact) mass is 262 g/mol. The number of nitrogens with one attached hydrogen (secondary N) is 1. The van der Waals surface area contributed by atoms with E-state index < -0.39 is 0 Å². The average Bonchev–Trinajstić information content (AvgIpc) is 2.94. The summed E-state index contributed by atoms with van der Waals surface area (Å²) < 4.78 is 15.7. The van der Waals surface area contributed by atoms with E-state index in [1.165, 1.54) is 6.39 Å². The minimum Gasteiger partial charge on any atom is -0.444 e. The highest BCUT2D eigenvalue weighted by Crippen LogP contribution is 2.22. The fraction of sp³-hybridized carbons (Fsp3) is 0.357. The molecule has 1 N–H and O–H groups in total. The van der Waals surface area contributed by atoms with Crippen LogP contribution in [0, 0.1) is 0 Å². The third-order valence-corrected chi connectivity index (χ3v) is 2.85. The van der Waals surface area contributed by atoms with E-state index in [4.69, 9.17) is 13.9 Å². The lowest BCUT2D eigenvalue weighted by Gasteiger charge is -2.23. The van der Waals surface area contributed by atoms with Crippen LogP contribution in [0.25, 0.3) is 11.3 Å². The Kier molecular flexibility index (Phi) is 4.54. The van der Waals surface area contributed by atoms with Crippen LogP contribution in [0.5, 0.6) is 0 Å². The van der Waals surface area contributed by atoms with E-state index in [9.17, 15) is 0 Å². The van der Waals surface area contributed by atoms with Crippen LogP contribution in [0.1, 0.15) is 6.92 Å². The Morgan fingerprint density at radius 3 is 2.68 bits per heavy atom. The average molecular weight is 262 g/mol. The number of benzene rings is 1. The highest BCUT2D eigenvalue weighted by Gasteiger charge is 2.15. The number of ether oxygens (including phenoxy) is 2. The Morgan fingerprint density at radius 1 is 1.26 bits per heavy atom. The lowest BCUT2D eigenvalue weighted by Crippen LogP contribution is -2.33. The first-order chi connectivity index (χ1) is 9.24. The third kappa shape index (κ3) is 3.33. The second-order valence-electron chi connectivity index (χ2n) is 4.22. The predicted molar refractivity (Wildman–Crippen MR) is 72.8 cm³/mol. The number of oxazole rings is 1. The second-order valence-corrected chi connectivity index (χ2v) is 4.22. The molecule has 0 amide bonds. The molecule has 0 fully saturated rings. The Hall–Kier alpha value is -1.85. The molecule has 1 aromatic heterocycles. The number of anilines is 1. The Bertz CT molecular complexity index is 495. The maximum absolute atomic E-state index is 5.28. The van der Waals surface area contributed by atoms with E-state index in [-0.39, 0.29) is 12.3 Å². The highest BCUT2D eigenvalue weighted by molar-refractivity contribution is 5.63. The van der Waals surface area contributed by atoms with Gasteiger partial charge in [-0.25, -0.2) is 4.98 Å². The summed E-state index contributed by atoms with van der Waals surface area (Å²) in [6, 6.07) is 7.94. The minimum atomic E-state index is -0.297. The Labute approximate surface area is 112 Å². The molecule has 2 aromatic rings. The van der Waals surface area contributed by atoms with Gasteiger partial charge in [0, 0.05) is 25.5 Å². The first-order valence-electron chi connectivity index (χ1n) is 6.05. The van der Waals surface area contributed by atoms with Crippen molar-refractivity contribution in [2.75, 3.05) is 19.5 Å². The number of methoxy groups -OCH3 is 2. The molecular formula is C14H18N2O3.